The molecular formula is C26H52N2O12S. The van der Waals surface area contributed by atoms with Gasteiger partial charge in [-0.1, -0.05) is 78.1 Å². The first kappa shape index (κ1) is 39.6. The summed E-state index contributed by atoms with van der Waals surface area (Å²) in [6.45, 7) is 2.50. The average Bonchev–Trinajstić information content (AvgIpc) is 2.95. The van der Waals surface area contributed by atoms with Crippen molar-refractivity contribution in [2.24, 2.45) is 0 Å². The van der Waals surface area contributed by atoms with Crippen molar-refractivity contribution in [3.8, 4) is 0 Å². The van der Waals surface area contributed by atoms with Crippen LogP contribution >= 0.6 is 0 Å². The summed E-state index contributed by atoms with van der Waals surface area (Å²) in [6, 6.07) is 0. The van der Waals surface area contributed by atoms with Crippen LogP contribution in [0.1, 0.15) is 90.9 Å². The molecule has 0 aliphatic carbocycles. The summed E-state index contributed by atoms with van der Waals surface area (Å²) in [5.74, 6) is -1.90. The topological polar surface area (TPSA) is 232 Å². The molecule has 0 saturated heterocycles. The lowest BCUT2D eigenvalue weighted by Crippen LogP contribution is -2.49. The Balaban J connectivity index is 4.39. The summed E-state index contributed by atoms with van der Waals surface area (Å²) >= 11 is 0. The van der Waals surface area contributed by atoms with E-state index in [4.69, 9.17) is 0 Å². The summed E-state index contributed by atoms with van der Waals surface area (Å²) in [4.78, 5) is 24.0. The SMILES string of the molecule is CCCCCCCCNC(=O)C(O)C(O)C(O)COS(=O)(=O)OCC(O)C(O)C(O)C(=O)NCCCCCCCC. The Morgan fingerprint density at radius 3 is 1.24 bits per heavy atom. The Hall–Kier alpha value is -1.43. The van der Waals surface area contributed by atoms with Crippen LogP contribution in [0.2, 0.25) is 0 Å². The third-order valence-electron chi connectivity index (χ3n) is 6.40. The maximum absolute atomic E-state index is 12.0. The zero-order chi connectivity index (χ0) is 31.3. The van der Waals surface area contributed by atoms with Crippen LogP contribution in [-0.4, -0.2) is 114 Å². The van der Waals surface area contributed by atoms with Gasteiger partial charge in [0.15, 0.2) is 12.2 Å². The molecule has 0 aliphatic rings. The van der Waals surface area contributed by atoms with Crippen LogP contribution in [0, 0.1) is 0 Å². The highest BCUT2D eigenvalue weighted by molar-refractivity contribution is 7.81. The van der Waals surface area contributed by atoms with Gasteiger partial charge in [0.2, 0.25) is 0 Å². The van der Waals surface area contributed by atoms with E-state index in [0.29, 0.717) is 12.8 Å². The van der Waals surface area contributed by atoms with Crippen molar-refractivity contribution in [1.82, 2.24) is 10.6 Å². The highest BCUT2D eigenvalue weighted by atomic mass is 32.3. The molecule has 14 nitrogen and oxygen atoms in total. The van der Waals surface area contributed by atoms with Gasteiger partial charge < -0.3 is 41.3 Å². The third-order valence-corrected chi connectivity index (χ3v) is 7.25. The number of hydrogen-bond acceptors (Lipinski definition) is 12. The fourth-order valence-electron chi connectivity index (χ4n) is 3.71. The Kier molecular flexibility index (Phi) is 22.3. The average molecular weight is 617 g/mol. The molecule has 6 atom stereocenters. The van der Waals surface area contributed by atoms with Crippen molar-refractivity contribution in [3.05, 3.63) is 0 Å². The molecule has 15 heteroatoms. The molecule has 0 aliphatic heterocycles. The second kappa shape index (κ2) is 23.1. The standard InChI is InChI=1S/C26H52N2O12S/c1-3-5-7-9-11-13-15-27-25(35)23(33)21(31)19(29)17-39-41(37,38)40-18-20(30)22(32)24(34)26(36)28-16-14-12-10-8-6-4-2/h19-24,29-34H,3-18H2,1-2H3,(H,27,35)(H,28,36). The minimum atomic E-state index is -4.89. The number of hydrogen-bond donors (Lipinski definition) is 8. The van der Waals surface area contributed by atoms with E-state index in [1.165, 1.54) is 0 Å². The van der Waals surface area contributed by atoms with Gasteiger partial charge in [-0.15, -0.1) is 0 Å². The number of carbonyl (C=O) groups is 2. The van der Waals surface area contributed by atoms with E-state index in [-0.39, 0.29) is 13.1 Å². The van der Waals surface area contributed by atoms with E-state index >= 15 is 0 Å². The lowest BCUT2D eigenvalue weighted by atomic mass is 10.1. The molecule has 0 fully saturated rings. The molecule has 0 aromatic heterocycles. The molecule has 0 aromatic carbocycles. The molecule has 0 rings (SSSR count). The van der Waals surface area contributed by atoms with Gasteiger partial charge in [0, 0.05) is 13.1 Å². The zero-order valence-electron chi connectivity index (χ0n) is 24.3. The lowest BCUT2D eigenvalue weighted by molar-refractivity contribution is -0.142. The first-order valence-electron chi connectivity index (χ1n) is 14.5. The van der Waals surface area contributed by atoms with Crippen molar-refractivity contribution < 1.29 is 57.0 Å². The third kappa shape index (κ3) is 18.7. The number of aliphatic hydroxyl groups is 6. The molecule has 6 unspecified atom stereocenters. The second-order valence-electron chi connectivity index (χ2n) is 10.1. The number of rotatable bonds is 26. The van der Waals surface area contributed by atoms with Gasteiger partial charge in [-0.2, -0.15) is 8.42 Å². The van der Waals surface area contributed by atoms with Gasteiger partial charge in [0.1, 0.15) is 24.4 Å². The first-order chi connectivity index (χ1) is 19.4. The Morgan fingerprint density at radius 1 is 0.585 bits per heavy atom. The molecule has 0 spiro atoms. The summed E-state index contributed by atoms with van der Waals surface area (Å²) in [6.07, 6.45) is -0.522. The van der Waals surface area contributed by atoms with E-state index in [1.807, 2.05) is 0 Å². The summed E-state index contributed by atoms with van der Waals surface area (Å²) in [7, 11) is -4.89. The van der Waals surface area contributed by atoms with Crippen LogP contribution in [0.3, 0.4) is 0 Å². The predicted octanol–water partition coefficient (Wildman–Crippen LogP) is -0.617. The van der Waals surface area contributed by atoms with Crippen LogP contribution in [0.4, 0.5) is 0 Å². The van der Waals surface area contributed by atoms with Crippen LogP contribution in [0.5, 0.6) is 0 Å². The van der Waals surface area contributed by atoms with Crippen LogP contribution in [0.25, 0.3) is 0 Å². The van der Waals surface area contributed by atoms with Crippen molar-refractivity contribution in [2.45, 2.75) is 128 Å². The predicted molar refractivity (Wildman–Crippen MR) is 150 cm³/mol. The highest BCUT2D eigenvalue weighted by Gasteiger charge is 2.33. The van der Waals surface area contributed by atoms with Gasteiger partial charge in [0.05, 0.1) is 13.2 Å². The molecule has 41 heavy (non-hydrogen) atoms. The minimum Gasteiger partial charge on any atom is -0.388 e. The fraction of sp³-hybridized carbons (Fsp3) is 0.923. The molecule has 0 saturated carbocycles. The van der Waals surface area contributed by atoms with E-state index in [9.17, 15) is 48.6 Å². The van der Waals surface area contributed by atoms with Gasteiger partial charge in [0.25, 0.3) is 11.8 Å². The quantitative estimate of drug-likeness (QED) is 0.0569. The smallest absolute Gasteiger partial charge is 0.388 e. The zero-order valence-corrected chi connectivity index (χ0v) is 25.1. The maximum Gasteiger partial charge on any atom is 0.400 e. The van der Waals surface area contributed by atoms with Crippen molar-refractivity contribution >= 4 is 22.2 Å². The van der Waals surface area contributed by atoms with Crippen molar-refractivity contribution in [3.63, 3.8) is 0 Å². The summed E-state index contributed by atoms with van der Waals surface area (Å²) in [5, 5.41) is 64.5. The Labute approximate surface area is 243 Å². The number of aliphatic hydroxyl groups excluding tert-OH is 6. The van der Waals surface area contributed by atoms with Gasteiger partial charge in [-0.3, -0.25) is 9.59 Å². The number of unbranched alkanes of at least 4 members (excludes halogenated alkanes) is 10. The van der Waals surface area contributed by atoms with E-state index in [1.54, 1.807) is 0 Å². The number of nitrogens with one attached hydrogen (secondary N) is 2. The van der Waals surface area contributed by atoms with Gasteiger partial charge >= 0.3 is 10.4 Å². The minimum absolute atomic E-state index is 0.257. The monoisotopic (exact) mass is 616 g/mol. The van der Waals surface area contributed by atoms with Gasteiger partial charge in [-0.25, -0.2) is 8.37 Å². The van der Waals surface area contributed by atoms with Gasteiger partial charge in [-0.05, 0) is 12.8 Å². The van der Waals surface area contributed by atoms with Crippen molar-refractivity contribution in [2.75, 3.05) is 26.3 Å². The largest absolute Gasteiger partial charge is 0.400 e. The second-order valence-corrected chi connectivity index (χ2v) is 11.4. The molecule has 244 valence electrons. The summed E-state index contributed by atoms with van der Waals surface area (Å²) in [5.41, 5.74) is 0. The molecular weight excluding hydrogens is 564 g/mol. The lowest BCUT2D eigenvalue weighted by Gasteiger charge is -2.23. The van der Waals surface area contributed by atoms with E-state index in [0.717, 1.165) is 64.2 Å². The maximum atomic E-state index is 12.0. The molecule has 8 N–H and O–H groups in total. The Bertz CT molecular complexity index is 743. The van der Waals surface area contributed by atoms with E-state index in [2.05, 4.69) is 32.8 Å². The van der Waals surface area contributed by atoms with Crippen LogP contribution < -0.4 is 10.6 Å². The Morgan fingerprint density at radius 2 is 0.902 bits per heavy atom. The normalized spacial score (nSPS) is 16.4. The fourth-order valence-corrected chi connectivity index (χ4v) is 4.39. The van der Waals surface area contributed by atoms with Crippen LogP contribution in [0.15, 0.2) is 0 Å². The molecule has 0 radical (unpaired) electrons. The first-order valence-corrected chi connectivity index (χ1v) is 15.9. The molecule has 0 heterocycles. The molecule has 2 amide bonds. The molecule has 0 aromatic rings. The summed E-state index contributed by atoms with van der Waals surface area (Å²) < 4.78 is 32.6. The number of carbonyl (C=O) groups excluding carboxylic acids is 2. The van der Waals surface area contributed by atoms with E-state index < -0.39 is 72.1 Å². The molecule has 0 bridgehead atoms. The van der Waals surface area contributed by atoms with Crippen molar-refractivity contribution in [1.29, 1.82) is 0 Å². The van der Waals surface area contributed by atoms with Crippen LogP contribution in [-0.2, 0) is 28.4 Å². The number of amides is 2. The highest BCUT2D eigenvalue weighted by Crippen LogP contribution is 2.09.